The van der Waals surface area contributed by atoms with Crippen LogP contribution in [0.3, 0.4) is 0 Å². The van der Waals surface area contributed by atoms with Crippen molar-refractivity contribution in [1.29, 1.82) is 0 Å². The van der Waals surface area contributed by atoms with Crippen molar-refractivity contribution in [2.75, 3.05) is 20.8 Å². The number of carbonyl (C=O) groups excluding carboxylic acids is 1. The largest absolute Gasteiger partial charge is 0.494 e. The van der Waals surface area contributed by atoms with Crippen molar-refractivity contribution in [1.82, 2.24) is 0 Å². The first-order chi connectivity index (χ1) is 9.13. The summed E-state index contributed by atoms with van der Waals surface area (Å²) in [6.45, 7) is 0.605. The number of methoxy groups -OCH3 is 1. The van der Waals surface area contributed by atoms with Gasteiger partial charge in [-0.1, -0.05) is 0 Å². The molecule has 0 aliphatic heterocycles. The Kier molecular flexibility index (Phi) is 6.57. The van der Waals surface area contributed by atoms with E-state index >= 15 is 0 Å². The van der Waals surface area contributed by atoms with Crippen LogP contribution in [0.2, 0.25) is 0 Å². The van der Waals surface area contributed by atoms with E-state index < -0.39 is 0 Å². The standard InChI is InChI=1S/C14H20NO4/c1-15(17)12-7-9-13(10-8-12)19-11-5-3-4-6-14(16)18-2/h7-10H,3-6,11H2,1-2H3/q+1. The second-order valence-electron chi connectivity index (χ2n) is 4.23. The molecule has 0 heterocycles. The molecular weight excluding hydrogens is 246 g/mol. The average Bonchev–Trinajstić information content (AvgIpc) is 2.42. The third-order valence-electron chi connectivity index (χ3n) is 2.72. The van der Waals surface area contributed by atoms with Gasteiger partial charge in [-0.25, -0.2) is 0 Å². The molecule has 5 nitrogen and oxygen atoms in total. The minimum Gasteiger partial charge on any atom is -0.494 e. The van der Waals surface area contributed by atoms with Gasteiger partial charge in [0.1, 0.15) is 5.75 Å². The molecule has 0 amide bonds. The van der Waals surface area contributed by atoms with E-state index in [1.807, 2.05) is 0 Å². The van der Waals surface area contributed by atoms with Gasteiger partial charge >= 0.3 is 5.97 Å². The van der Waals surface area contributed by atoms with Crippen molar-refractivity contribution < 1.29 is 19.0 Å². The summed E-state index contributed by atoms with van der Waals surface area (Å²) in [6, 6.07) is 7.00. The average molecular weight is 266 g/mol. The Morgan fingerprint density at radius 3 is 2.42 bits per heavy atom. The quantitative estimate of drug-likeness (QED) is 0.412. The smallest absolute Gasteiger partial charge is 0.305 e. The molecule has 5 heteroatoms. The first-order valence-corrected chi connectivity index (χ1v) is 6.34. The molecule has 104 valence electrons. The fourth-order valence-corrected chi connectivity index (χ4v) is 1.59. The van der Waals surface area contributed by atoms with Gasteiger partial charge in [0.15, 0.2) is 7.05 Å². The predicted molar refractivity (Wildman–Crippen MR) is 71.6 cm³/mol. The van der Waals surface area contributed by atoms with Crippen molar-refractivity contribution in [3.8, 4) is 5.75 Å². The van der Waals surface area contributed by atoms with E-state index in [2.05, 4.69) is 4.74 Å². The summed E-state index contributed by atoms with van der Waals surface area (Å²) >= 11 is 0. The van der Waals surface area contributed by atoms with Gasteiger partial charge in [-0.2, -0.15) is 0 Å². The van der Waals surface area contributed by atoms with Crippen LogP contribution in [-0.4, -0.2) is 31.5 Å². The van der Waals surface area contributed by atoms with E-state index in [4.69, 9.17) is 4.74 Å². The molecule has 0 unspecified atom stereocenters. The molecule has 0 atom stereocenters. The van der Waals surface area contributed by atoms with Crippen molar-refractivity contribution in [3.63, 3.8) is 0 Å². The van der Waals surface area contributed by atoms with Crippen LogP contribution in [0.5, 0.6) is 5.75 Å². The summed E-state index contributed by atoms with van der Waals surface area (Å²) in [6.07, 6.45) is 3.09. The third-order valence-corrected chi connectivity index (χ3v) is 2.72. The van der Waals surface area contributed by atoms with Crippen molar-refractivity contribution >= 4 is 11.7 Å². The second kappa shape index (κ2) is 8.24. The maximum Gasteiger partial charge on any atom is 0.305 e. The Morgan fingerprint density at radius 2 is 1.84 bits per heavy atom. The summed E-state index contributed by atoms with van der Waals surface area (Å²) in [5.41, 5.74) is 0.602. The summed E-state index contributed by atoms with van der Waals surface area (Å²) in [4.78, 5) is 21.9. The highest BCUT2D eigenvalue weighted by Crippen LogP contribution is 2.17. The summed E-state index contributed by atoms with van der Waals surface area (Å²) in [5, 5.41) is 0. The first kappa shape index (κ1) is 15.1. The normalized spacial score (nSPS) is 10.0. The molecule has 19 heavy (non-hydrogen) atoms. The first-order valence-electron chi connectivity index (χ1n) is 6.34. The van der Waals surface area contributed by atoms with Crippen LogP contribution >= 0.6 is 0 Å². The molecule has 0 aliphatic carbocycles. The number of nitrogens with zero attached hydrogens (tertiary/aromatic N) is 1. The van der Waals surface area contributed by atoms with Gasteiger partial charge in [-0.05, 0) is 31.4 Å². The van der Waals surface area contributed by atoms with Crippen LogP contribution in [0.25, 0.3) is 0 Å². The molecule has 0 saturated carbocycles. The fourth-order valence-electron chi connectivity index (χ4n) is 1.59. The molecule has 0 aromatic heterocycles. The highest BCUT2D eigenvalue weighted by molar-refractivity contribution is 5.68. The van der Waals surface area contributed by atoms with Crippen LogP contribution in [0, 0.1) is 4.91 Å². The monoisotopic (exact) mass is 266 g/mol. The zero-order valence-corrected chi connectivity index (χ0v) is 11.4. The highest BCUT2D eigenvalue weighted by atomic mass is 16.5. The molecule has 1 rings (SSSR count). The van der Waals surface area contributed by atoms with Gasteiger partial charge in [-0.15, -0.1) is 0 Å². The lowest BCUT2D eigenvalue weighted by molar-refractivity contribution is -0.428. The topological polar surface area (TPSA) is 55.6 Å². The Hall–Kier alpha value is -1.91. The van der Waals surface area contributed by atoms with Gasteiger partial charge in [0.05, 0.1) is 13.7 Å². The lowest BCUT2D eigenvalue weighted by Crippen LogP contribution is -2.01. The number of hydrogen-bond donors (Lipinski definition) is 0. The number of rotatable bonds is 8. The minimum absolute atomic E-state index is 0.168. The van der Waals surface area contributed by atoms with Crippen LogP contribution in [-0.2, 0) is 9.53 Å². The Labute approximate surface area is 113 Å². The van der Waals surface area contributed by atoms with Crippen LogP contribution in [0.1, 0.15) is 25.7 Å². The molecule has 0 bridgehead atoms. The number of carbonyl (C=O) groups is 1. The SMILES string of the molecule is COC(=O)CCCCCOc1ccc([N+](C)=O)cc1. The van der Waals surface area contributed by atoms with E-state index in [0.717, 1.165) is 29.8 Å². The van der Waals surface area contributed by atoms with Crippen molar-refractivity contribution in [2.24, 2.45) is 0 Å². The second-order valence-corrected chi connectivity index (χ2v) is 4.23. The van der Waals surface area contributed by atoms with Crippen LogP contribution in [0.4, 0.5) is 5.69 Å². The zero-order valence-electron chi connectivity index (χ0n) is 11.4. The number of unbranched alkanes of at least 4 members (excludes halogenated alkanes) is 2. The highest BCUT2D eigenvalue weighted by Gasteiger charge is 2.05. The Bertz CT molecular complexity index is 414. The lowest BCUT2D eigenvalue weighted by atomic mass is 10.2. The summed E-state index contributed by atoms with van der Waals surface area (Å²) in [5.74, 6) is 0.580. The van der Waals surface area contributed by atoms with E-state index in [1.165, 1.54) is 14.2 Å². The molecular formula is C14H20NO4+. The molecule has 0 aliphatic rings. The van der Waals surface area contributed by atoms with Gasteiger partial charge < -0.3 is 9.47 Å². The fraction of sp³-hybridized carbons (Fsp3) is 0.500. The minimum atomic E-state index is -0.168. The van der Waals surface area contributed by atoms with E-state index in [9.17, 15) is 9.70 Å². The van der Waals surface area contributed by atoms with Gasteiger partial charge in [-0.3, -0.25) is 4.79 Å². The van der Waals surface area contributed by atoms with E-state index in [-0.39, 0.29) is 5.97 Å². The van der Waals surface area contributed by atoms with Crippen molar-refractivity contribution in [3.05, 3.63) is 29.2 Å². The predicted octanol–water partition coefficient (Wildman–Crippen LogP) is 2.84. The molecule has 0 N–H and O–H groups in total. The Balaban J connectivity index is 2.15. The molecule has 0 fully saturated rings. The molecule has 1 aromatic rings. The number of esters is 1. The van der Waals surface area contributed by atoms with E-state index in [0.29, 0.717) is 18.7 Å². The molecule has 0 spiro atoms. The zero-order chi connectivity index (χ0) is 14.1. The maximum absolute atomic E-state index is 11.0. The maximum atomic E-state index is 11.0. The van der Waals surface area contributed by atoms with Crippen molar-refractivity contribution in [2.45, 2.75) is 25.7 Å². The number of benzene rings is 1. The lowest BCUT2D eigenvalue weighted by Gasteiger charge is -2.05. The Morgan fingerprint density at radius 1 is 1.16 bits per heavy atom. The van der Waals surface area contributed by atoms with E-state index in [1.54, 1.807) is 24.3 Å². The number of nitroso groups, excluding NO2 is 1. The molecule has 0 saturated heterocycles. The van der Waals surface area contributed by atoms with Gasteiger partial charge in [0.25, 0.3) is 5.69 Å². The van der Waals surface area contributed by atoms with Crippen LogP contribution < -0.4 is 4.74 Å². The van der Waals surface area contributed by atoms with Crippen LogP contribution in [0.15, 0.2) is 24.3 Å². The number of ether oxygens (including phenoxy) is 2. The molecule has 1 aromatic carbocycles. The summed E-state index contributed by atoms with van der Waals surface area (Å²) < 4.78 is 10.9. The van der Waals surface area contributed by atoms with Gasteiger partial charge in [0, 0.05) is 28.2 Å². The number of hydrogen-bond acceptors (Lipinski definition) is 4. The van der Waals surface area contributed by atoms with Gasteiger partial charge in [0.2, 0.25) is 0 Å². The summed E-state index contributed by atoms with van der Waals surface area (Å²) in [7, 11) is 2.85. The molecule has 0 radical (unpaired) electrons. The third kappa shape index (κ3) is 5.99.